The first-order chi connectivity index (χ1) is 7.60. The van der Waals surface area contributed by atoms with Crippen LogP contribution in [-0.4, -0.2) is 32.5 Å². The SMILES string of the molecule is CC1(c2ncc(CC(=O)O)[nH]2)CCCSC1. The standard InChI is InChI=1S/C11H16N2O2S/c1-11(3-2-4-16-7-11)10-12-6-8(13-10)5-9(14)15/h6H,2-5,7H2,1H3,(H,12,13)(H,14,15). The summed E-state index contributed by atoms with van der Waals surface area (Å²) in [5, 5.41) is 8.70. The zero-order chi connectivity index (χ0) is 11.6. The second-order valence-corrected chi connectivity index (χ2v) is 5.65. The summed E-state index contributed by atoms with van der Waals surface area (Å²) < 4.78 is 0. The number of aliphatic carboxylic acids is 1. The number of rotatable bonds is 3. The number of carboxylic acid groups (broad SMARTS) is 1. The highest BCUT2D eigenvalue weighted by atomic mass is 32.2. The minimum absolute atomic E-state index is 0.0240. The number of nitrogens with one attached hydrogen (secondary N) is 1. The van der Waals surface area contributed by atoms with Crippen molar-refractivity contribution in [2.75, 3.05) is 11.5 Å². The second-order valence-electron chi connectivity index (χ2n) is 4.54. The Morgan fingerprint density at radius 1 is 1.75 bits per heavy atom. The Hall–Kier alpha value is -0.970. The monoisotopic (exact) mass is 240 g/mol. The second kappa shape index (κ2) is 4.49. The van der Waals surface area contributed by atoms with E-state index in [0.717, 1.165) is 18.0 Å². The maximum atomic E-state index is 10.6. The summed E-state index contributed by atoms with van der Waals surface area (Å²) in [6, 6.07) is 0. The van der Waals surface area contributed by atoms with Gasteiger partial charge in [-0.1, -0.05) is 6.92 Å². The fraction of sp³-hybridized carbons (Fsp3) is 0.636. The normalized spacial score (nSPS) is 25.6. The molecule has 0 bridgehead atoms. The van der Waals surface area contributed by atoms with Gasteiger partial charge in [-0.25, -0.2) is 4.98 Å². The molecule has 1 aliphatic heterocycles. The van der Waals surface area contributed by atoms with Gasteiger partial charge in [-0.3, -0.25) is 4.79 Å². The number of hydrogen-bond acceptors (Lipinski definition) is 3. The summed E-state index contributed by atoms with van der Waals surface area (Å²) in [6.45, 7) is 2.20. The fourth-order valence-electron chi connectivity index (χ4n) is 2.04. The summed E-state index contributed by atoms with van der Waals surface area (Å²) >= 11 is 1.94. The van der Waals surface area contributed by atoms with Gasteiger partial charge < -0.3 is 10.1 Å². The molecule has 5 heteroatoms. The molecule has 88 valence electrons. The van der Waals surface area contributed by atoms with Crippen molar-refractivity contribution in [1.82, 2.24) is 9.97 Å². The quantitative estimate of drug-likeness (QED) is 0.845. The Labute approximate surface area is 98.9 Å². The van der Waals surface area contributed by atoms with E-state index in [1.165, 1.54) is 12.2 Å². The summed E-state index contributed by atoms with van der Waals surface area (Å²) in [7, 11) is 0. The molecule has 0 amide bonds. The first-order valence-electron chi connectivity index (χ1n) is 5.44. The highest BCUT2D eigenvalue weighted by Crippen LogP contribution is 2.35. The Kier molecular flexibility index (Phi) is 3.23. The zero-order valence-electron chi connectivity index (χ0n) is 9.32. The Balaban J connectivity index is 2.13. The van der Waals surface area contributed by atoms with Gasteiger partial charge in [-0.15, -0.1) is 0 Å². The number of nitrogens with zero attached hydrogens (tertiary/aromatic N) is 1. The number of carboxylic acids is 1. The van der Waals surface area contributed by atoms with Crippen LogP contribution in [0.3, 0.4) is 0 Å². The molecule has 0 spiro atoms. The molecule has 1 unspecified atom stereocenters. The lowest BCUT2D eigenvalue weighted by Gasteiger charge is -2.31. The summed E-state index contributed by atoms with van der Waals surface area (Å²) in [5.41, 5.74) is 0.777. The lowest BCUT2D eigenvalue weighted by molar-refractivity contribution is -0.136. The van der Waals surface area contributed by atoms with Crippen LogP contribution >= 0.6 is 11.8 Å². The predicted octanol–water partition coefficient (Wildman–Crippen LogP) is 1.82. The summed E-state index contributed by atoms with van der Waals surface area (Å²) in [6.07, 6.45) is 4.00. The molecule has 4 nitrogen and oxygen atoms in total. The van der Waals surface area contributed by atoms with E-state index < -0.39 is 5.97 Å². The summed E-state index contributed by atoms with van der Waals surface area (Å²) in [4.78, 5) is 18.1. The molecule has 16 heavy (non-hydrogen) atoms. The van der Waals surface area contributed by atoms with Crippen molar-refractivity contribution in [2.45, 2.75) is 31.6 Å². The van der Waals surface area contributed by atoms with Gasteiger partial charge >= 0.3 is 5.97 Å². The van der Waals surface area contributed by atoms with Crippen LogP contribution in [0.5, 0.6) is 0 Å². The average Bonchev–Trinajstić information content (AvgIpc) is 2.67. The highest BCUT2D eigenvalue weighted by molar-refractivity contribution is 7.99. The topological polar surface area (TPSA) is 66.0 Å². The number of thioether (sulfide) groups is 1. The van der Waals surface area contributed by atoms with Gasteiger partial charge in [0.15, 0.2) is 0 Å². The number of hydrogen-bond donors (Lipinski definition) is 2. The van der Waals surface area contributed by atoms with Gasteiger partial charge in [0.1, 0.15) is 5.82 Å². The molecule has 1 aliphatic rings. The third-order valence-electron chi connectivity index (χ3n) is 2.98. The van der Waals surface area contributed by atoms with E-state index in [0.29, 0.717) is 5.69 Å². The van der Waals surface area contributed by atoms with E-state index in [-0.39, 0.29) is 11.8 Å². The van der Waals surface area contributed by atoms with Crippen LogP contribution in [0.2, 0.25) is 0 Å². The van der Waals surface area contributed by atoms with Crippen molar-refractivity contribution in [3.63, 3.8) is 0 Å². The molecule has 1 fully saturated rings. The first-order valence-corrected chi connectivity index (χ1v) is 6.59. The van der Waals surface area contributed by atoms with Crippen molar-refractivity contribution >= 4 is 17.7 Å². The van der Waals surface area contributed by atoms with Crippen LogP contribution in [0.1, 0.15) is 31.3 Å². The number of H-pyrrole nitrogens is 1. The third-order valence-corrected chi connectivity index (χ3v) is 4.40. The fourth-order valence-corrected chi connectivity index (χ4v) is 3.26. The number of aromatic nitrogens is 2. The number of aromatic amines is 1. The molecule has 1 atom stereocenters. The maximum absolute atomic E-state index is 10.6. The molecular weight excluding hydrogens is 224 g/mol. The molecule has 0 aromatic carbocycles. The Morgan fingerprint density at radius 3 is 3.19 bits per heavy atom. The zero-order valence-corrected chi connectivity index (χ0v) is 10.1. The van der Waals surface area contributed by atoms with E-state index in [1.54, 1.807) is 6.20 Å². The molecule has 2 N–H and O–H groups in total. The number of carbonyl (C=O) groups is 1. The van der Waals surface area contributed by atoms with Gasteiger partial charge in [0.2, 0.25) is 0 Å². The van der Waals surface area contributed by atoms with Crippen molar-refractivity contribution in [3.8, 4) is 0 Å². The van der Waals surface area contributed by atoms with Gasteiger partial charge in [0.05, 0.1) is 6.42 Å². The van der Waals surface area contributed by atoms with Crippen LogP contribution in [-0.2, 0) is 16.6 Å². The smallest absolute Gasteiger partial charge is 0.309 e. The predicted molar refractivity (Wildman–Crippen MR) is 63.8 cm³/mol. The lowest BCUT2D eigenvalue weighted by Crippen LogP contribution is -2.30. The van der Waals surface area contributed by atoms with Gasteiger partial charge in [-0.2, -0.15) is 11.8 Å². The summed E-state index contributed by atoms with van der Waals surface area (Å²) in [5.74, 6) is 2.40. The van der Waals surface area contributed by atoms with E-state index >= 15 is 0 Å². The Morgan fingerprint density at radius 2 is 2.56 bits per heavy atom. The van der Waals surface area contributed by atoms with Gasteiger partial charge in [-0.05, 0) is 18.6 Å². The van der Waals surface area contributed by atoms with Crippen LogP contribution in [0, 0.1) is 0 Å². The van der Waals surface area contributed by atoms with Gasteiger partial charge in [0.25, 0.3) is 0 Å². The van der Waals surface area contributed by atoms with E-state index in [4.69, 9.17) is 5.11 Å². The molecule has 1 saturated heterocycles. The molecule has 0 radical (unpaired) electrons. The van der Waals surface area contributed by atoms with Gasteiger partial charge in [0, 0.05) is 23.1 Å². The molecule has 1 aromatic rings. The van der Waals surface area contributed by atoms with Crippen molar-refractivity contribution in [2.24, 2.45) is 0 Å². The molecular formula is C11H16N2O2S. The molecule has 2 heterocycles. The van der Waals surface area contributed by atoms with E-state index in [9.17, 15) is 4.79 Å². The van der Waals surface area contributed by atoms with E-state index in [2.05, 4.69) is 16.9 Å². The molecule has 2 rings (SSSR count). The minimum Gasteiger partial charge on any atom is -0.481 e. The molecule has 0 saturated carbocycles. The van der Waals surface area contributed by atoms with E-state index in [1.807, 2.05) is 11.8 Å². The van der Waals surface area contributed by atoms with Crippen LogP contribution in [0.15, 0.2) is 6.20 Å². The maximum Gasteiger partial charge on any atom is 0.309 e. The van der Waals surface area contributed by atoms with Crippen LogP contribution in [0.25, 0.3) is 0 Å². The first kappa shape index (κ1) is 11.5. The third kappa shape index (κ3) is 2.40. The Bertz CT molecular complexity index is 383. The lowest BCUT2D eigenvalue weighted by atomic mass is 9.86. The average molecular weight is 240 g/mol. The molecule has 0 aliphatic carbocycles. The number of imidazole rings is 1. The van der Waals surface area contributed by atoms with Crippen molar-refractivity contribution < 1.29 is 9.90 Å². The highest BCUT2D eigenvalue weighted by Gasteiger charge is 2.32. The largest absolute Gasteiger partial charge is 0.481 e. The molecule has 1 aromatic heterocycles. The van der Waals surface area contributed by atoms with Crippen molar-refractivity contribution in [1.29, 1.82) is 0 Å². The van der Waals surface area contributed by atoms with Crippen molar-refractivity contribution in [3.05, 3.63) is 17.7 Å². The van der Waals surface area contributed by atoms with Crippen LogP contribution < -0.4 is 0 Å². The van der Waals surface area contributed by atoms with Crippen LogP contribution in [0.4, 0.5) is 0 Å². The minimum atomic E-state index is -0.821.